The number of rotatable bonds is 9. The number of nitrogens with one attached hydrogen (secondary N) is 1. The summed E-state index contributed by atoms with van der Waals surface area (Å²) < 4.78 is 34.2. The summed E-state index contributed by atoms with van der Waals surface area (Å²) in [6.07, 6.45) is 1.42. The van der Waals surface area contributed by atoms with Crippen molar-refractivity contribution in [3.8, 4) is 0 Å². The fourth-order valence-electron chi connectivity index (χ4n) is 3.94. The van der Waals surface area contributed by atoms with Gasteiger partial charge in [-0.15, -0.1) is 0 Å². The first-order chi connectivity index (χ1) is 13.8. The maximum atomic E-state index is 13.0. The van der Waals surface area contributed by atoms with Crippen LogP contribution >= 0.6 is 0 Å². The van der Waals surface area contributed by atoms with Crippen LogP contribution < -0.4 is 4.72 Å². The molecule has 1 saturated heterocycles. The summed E-state index contributed by atoms with van der Waals surface area (Å²) in [5.74, 6) is 0.518. The Morgan fingerprint density at radius 2 is 1.79 bits per heavy atom. The lowest BCUT2D eigenvalue weighted by Gasteiger charge is -2.30. The molecule has 1 unspecified atom stereocenters. The Balaban J connectivity index is 1.72. The summed E-state index contributed by atoms with van der Waals surface area (Å²) in [7, 11) is -1.92. The van der Waals surface area contributed by atoms with Gasteiger partial charge in [-0.05, 0) is 42.0 Å². The minimum atomic E-state index is -3.58. The van der Waals surface area contributed by atoms with Gasteiger partial charge < -0.3 is 4.74 Å². The average Bonchev–Trinajstić information content (AvgIpc) is 3.09. The summed E-state index contributed by atoms with van der Waals surface area (Å²) in [5.41, 5.74) is 2.07. The number of hydrogen-bond acceptors (Lipinski definition) is 4. The van der Waals surface area contributed by atoms with Crippen LogP contribution in [0.4, 0.5) is 0 Å². The van der Waals surface area contributed by atoms with E-state index < -0.39 is 15.6 Å². The second kappa shape index (κ2) is 9.39. The molecule has 1 heterocycles. The van der Waals surface area contributed by atoms with Crippen LogP contribution in [-0.2, 0) is 21.3 Å². The molecule has 0 aliphatic carbocycles. The van der Waals surface area contributed by atoms with Crippen molar-refractivity contribution in [2.45, 2.75) is 49.6 Å². The molecule has 0 amide bonds. The summed E-state index contributed by atoms with van der Waals surface area (Å²) in [5, 5.41) is 0. The van der Waals surface area contributed by atoms with Crippen molar-refractivity contribution >= 4 is 10.0 Å². The molecule has 0 spiro atoms. The van der Waals surface area contributed by atoms with Gasteiger partial charge in [-0.2, -0.15) is 0 Å². The smallest absolute Gasteiger partial charge is 0.241 e. The van der Waals surface area contributed by atoms with Crippen LogP contribution in [0.15, 0.2) is 59.5 Å². The number of methoxy groups -OCH3 is 1. The van der Waals surface area contributed by atoms with Crippen molar-refractivity contribution in [1.82, 2.24) is 9.62 Å². The monoisotopic (exact) mass is 416 g/mol. The van der Waals surface area contributed by atoms with E-state index in [1.165, 1.54) is 11.1 Å². The third kappa shape index (κ3) is 5.66. The first-order valence-electron chi connectivity index (χ1n) is 10.2. The highest BCUT2D eigenvalue weighted by Gasteiger charge is 2.41. The van der Waals surface area contributed by atoms with Gasteiger partial charge in [0.25, 0.3) is 0 Å². The van der Waals surface area contributed by atoms with Gasteiger partial charge >= 0.3 is 0 Å². The molecule has 1 aliphatic heterocycles. The fourth-order valence-corrected chi connectivity index (χ4v) is 5.41. The maximum absolute atomic E-state index is 13.0. The Morgan fingerprint density at radius 3 is 2.41 bits per heavy atom. The molecule has 1 fully saturated rings. The van der Waals surface area contributed by atoms with Crippen LogP contribution in [0.1, 0.15) is 43.7 Å². The van der Waals surface area contributed by atoms with E-state index in [2.05, 4.69) is 47.7 Å². The van der Waals surface area contributed by atoms with Gasteiger partial charge in [0.1, 0.15) is 0 Å². The Hall–Kier alpha value is -1.73. The molecule has 2 aromatic rings. The maximum Gasteiger partial charge on any atom is 0.241 e. The first-order valence-corrected chi connectivity index (χ1v) is 11.7. The predicted octanol–water partition coefficient (Wildman–Crippen LogP) is 3.77. The Morgan fingerprint density at radius 1 is 1.10 bits per heavy atom. The van der Waals surface area contributed by atoms with Gasteiger partial charge in [0.15, 0.2) is 0 Å². The van der Waals surface area contributed by atoms with Crippen LogP contribution in [0.5, 0.6) is 0 Å². The summed E-state index contributed by atoms with van der Waals surface area (Å²) in [4.78, 5) is 2.63. The summed E-state index contributed by atoms with van der Waals surface area (Å²) in [6.45, 7) is 7.26. The van der Waals surface area contributed by atoms with E-state index in [0.717, 1.165) is 19.5 Å². The van der Waals surface area contributed by atoms with Crippen molar-refractivity contribution in [1.29, 1.82) is 0 Å². The Kier molecular flexibility index (Phi) is 7.11. The van der Waals surface area contributed by atoms with Crippen LogP contribution in [0.25, 0.3) is 0 Å². The zero-order valence-corrected chi connectivity index (χ0v) is 18.4. The van der Waals surface area contributed by atoms with Gasteiger partial charge in [-0.3, -0.25) is 4.90 Å². The summed E-state index contributed by atoms with van der Waals surface area (Å²) >= 11 is 0. The molecular weight excluding hydrogens is 384 g/mol. The molecule has 2 aromatic carbocycles. The van der Waals surface area contributed by atoms with Crippen LogP contribution in [0.3, 0.4) is 0 Å². The van der Waals surface area contributed by atoms with Gasteiger partial charge in [-0.1, -0.05) is 56.3 Å². The highest BCUT2D eigenvalue weighted by molar-refractivity contribution is 7.89. The fraction of sp³-hybridized carbons (Fsp3) is 0.478. The van der Waals surface area contributed by atoms with E-state index in [1.807, 2.05) is 6.07 Å². The second-order valence-electron chi connectivity index (χ2n) is 8.30. The van der Waals surface area contributed by atoms with Crippen molar-refractivity contribution < 1.29 is 13.2 Å². The molecule has 0 saturated carbocycles. The van der Waals surface area contributed by atoms with Gasteiger partial charge in [0.2, 0.25) is 10.0 Å². The largest absolute Gasteiger partial charge is 0.385 e. The van der Waals surface area contributed by atoms with E-state index >= 15 is 0 Å². The molecular formula is C23H32N2O3S. The zero-order valence-electron chi connectivity index (χ0n) is 17.6. The predicted molar refractivity (Wildman–Crippen MR) is 116 cm³/mol. The van der Waals surface area contributed by atoms with Gasteiger partial charge in [0.05, 0.1) is 4.90 Å². The number of sulfonamides is 1. The lowest BCUT2D eigenvalue weighted by Crippen LogP contribution is -2.50. The number of nitrogens with zero attached hydrogens (tertiary/aromatic N) is 1. The Bertz CT molecular complexity index is 882. The van der Waals surface area contributed by atoms with Crippen LogP contribution in [0, 0.1) is 0 Å². The normalized spacial score (nSPS) is 20.4. The minimum absolute atomic E-state index is 0.305. The van der Waals surface area contributed by atoms with Crippen LogP contribution in [-0.4, -0.2) is 45.7 Å². The lowest BCUT2D eigenvalue weighted by atomic mass is 9.96. The molecule has 29 heavy (non-hydrogen) atoms. The number of hydrogen-bond donors (Lipinski definition) is 1. The zero-order chi connectivity index (χ0) is 20.9. The van der Waals surface area contributed by atoms with E-state index in [9.17, 15) is 8.42 Å². The van der Waals surface area contributed by atoms with Crippen molar-refractivity contribution in [3.63, 3.8) is 0 Å². The number of likely N-dealkylation sites (tertiary alicyclic amines) is 1. The second-order valence-corrected chi connectivity index (χ2v) is 9.98. The number of benzene rings is 2. The average molecular weight is 417 g/mol. The highest BCUT2D eigenvalue weighted by atomic mass is 32.2. The third-order valence-corrected chi connectivity index (χ3v) is 7.27. The van der Waals surface area contributed by atoms with Gasteiger partial charge in [-0.25, -0.2) is 13.1 Å². The molecule has 0 radical (unpaired) electrons. The molecule has 3 rings (SSSR count). The first kappa shape index (κ1) is 22.0. The summed E-state index contributed by atoms with van der Waals surface area (Å²) in [6, 6.07) is 17.3. The molecule has 1 aliphatic rings. The van der Waals surface area contributed by atoms with E-state index in [-0.39, 0.29) is 0 Å². The highest BCUT2D eigenvalue weighted by Crippen LogP contribution is 2.29. The Labute approximate surface area is 175 Å². The quantitative estimate of drug-likeness (QED) is 0.676. The van der Waals surface area contributed by atoms with E-state index in [4.69, 9.17) is 4.74 Å². The third-order valence-electron chi connectivity index (χ3n) is 5.67. The molecule has 1 atom stereocenters. The standard InChI is InChI=1S/C23H32N2O3S/c1-19(2)21-11-9-20(10-12-21)17-25-15-13-23(18-25,14-16-28-3)24-29(26,27)22-7-5-4-6-8-22/h4-12,19,24H,13-18H2,1-3H3. The van der Waals surface area contributed by atoms with Gasteiger partial charge in [0, 0.05) is 38.9 Å². The van der Waals surface area contributed by atoms with Crippen molar-refractivity contribution in [2.24, 2.45) is 0 Å². The van der Waals surface area contributed by atoms with Crippen molar-refractivity contribution in [3.05, 3.63) is 65.7 Å². The number of ether oxygens (including phenoxy) is 1. The topological polar surface area (TPSA) is 58.6 Å². The SMILES string of the molecule is COCCC1(NS(=O)(=O)c2ccccc2)CCN(Cc2ccc(C(C)C)cc2)C1. The lowest BCUT2D eigenvalue weighted by molar-refractivity contribution is 0.161. The molecule has 5 nitrogen and oxygen atoms in total. The van der Waals surface area contributed by atoms with E-state index in [0.29, 0.717) is 30.4 Å². The molecule has 1 N–H and O–H groups in total. The molecule has 0 aromatic heterocycles. The van der Waals surface area contributed by atoms with Crippen LogP contribution in [0.2, 0.25) is 0 Å². The molecule has 158 valence electrons. The molecule has 0 bridgehead atoms. The van der Waals surface area contributed by atoms with E-state index in [1.54, 1.807) is 31.4 Å². The van der Waals surface area contributed by atoms with Crippen molar-refractivity contribution in [2.75, 3.05) is 26.8 Å². The molecule has 6 heteroatoms. The minimum Gasteiger partial charge on any atom is -0.385 e.